The molecule has 2 amide bonds. The van der Waals surface area contributed by atoms with E-state index >= 15 is 0 Å². The van der Waals surface area contributed by atoms with Crippen molar-refractivity contribution < 1.29 is 18.4 Å². The SMILES string of the molecule is Cl.NC(=O)c1ccc(C(=O)NC2CNCCC2c2ccc(F)c(F)c2)nc1. The molecule has 1 aromatic heterocycles. The van der Waals surface area contributed by atoms with E-state index in [9.17, 15) is 18.4 Å². The molecule has 1 aliphatic heterocycles. The van der Waals surface area contributed by atoms with Crippen LogP contribution in [0.15, 0.2) is 36.5 Å². The average molecular weight is 397 g/mol. The molecule has 2 unspecified atom stereocenters. The van der Waals surface area contributed by atoms with Crippen molar-refractivity contribution in [3.05, 3.63) is 65.0 Å². The van der Waals surface area contributed by atoms with Crippen molar-refractivity contribution in [2.24, 2.45) is 5.73 Å². The lowest BCUT2D eigenvalue weighted by Gasteiger charge is -2.33. The third-order valence-electron chi connectivity index (χ3n) is 4.45. The highest BCUT2D eigenvalue weighted by atomic mass is 35.5. The average Bonchev–Trinajstić information content (AvgIpc) is 2.64. The maximum atomic E-state index is 13.6. The van der Waals surface area contributed by atoms with Crippen molar-refractivity contribution in [2.45, 2.75) is 18.4 Å². The number of nitrogens with two attached hydrogens (primary N) is 1. The van der Waals surface area contributed by atoms with Gasteiger partial charge in [0.05, 0.1) is 5.56 Å². The largest absolute Gasteiger partial charge is 0.366 e. The van der Waals surface area contributed by atoms with Gasteiger partial charge in [0.25, 0.3) is 5.91 Å². The summed E-state index contributed by atoms with van der Waals surface area (Å²) in [6.45, 7) is 1.20. The highest BCUT2D eigenvalue weighted by Gasteiger charge is 2.29. The van der Waals surface area contributed by atoms with Crippen LogP contribution in [0.1, 0.15) is 38.7 Å². The molecule has 9 heteroatoms. The third-order valence-corrected chi connectivity index (χ3v) is 4.45. The summed E-state index contributed by atoms with van der Waals surface area (Å²) < 4.78 is 26.8. The Labute approximate surface area is 161 Å². The Morgan fingerprint density at radius 1 is 1.19 bits per heavy atom. The van der Waals surface area contributed by atoms with Crippen LogP contribution in [0.5, 0.6) is 0 Å². The number of benzene rings is 1. The van der Waals surface area contributed by atoms with E-state index < -0.39 is 23.4 Å². The summed E-state index contributed by atoms with van der Waals surface area (Å²) in [4.78, 5) is 27.5. The molecular formula is C18H19ClF2N4O2. The van der Waals surface area contributed by atoms with Crippen LogP contribution < -0.4 is 16.4 Å². The minimum atomic E-state index is -0.908. The molecule has 1 aromatic carbocycles. The molecule has 2 atom stereocenters. The van der Waals surface area contributed by atoms with Gasteiger partial charge in [0.1, 0.15) is 5.69 Å². The number of piperidine rings is 1. The first-order valence-electron chi connectivity index (χ1n) is 8.18. The molecule has 0 saturated carbocycles. The number of rotatable bonds is 4. The van der Waals surface area contributed by atoms with Gasteiger partial charge < -0.3 is 16.4 Å². The number of carbonyl (C=O) groups is 2. The molecule has 0 aliphatic carbocycles. The van der Waals surface area contributed by atoms with Gasteiger partial charge in [-0.25, -0.2) is 8.78 Å². The van der Waals surface area contributed by atoms with E-state index in [1.165, 1.54) is 30.5 Å². The number of amides is 2. The first kappa shape index (κ1) is 20.7. The summed E-state index contributed by atoms with van der Waals surface area (Å²) in [5, 5.41) is 6.05. The summed E-state index contributed by atoms with van der Waals surface area (Å²) in [5.74, 6) is -3.00. The number of nitrogens with zero attached hydrogens (tertiary/aromatic N) is 1. The molecule has 0 spiro atoms. The quantitative estimate of drug-likeness (QED) is 0.733. The maximum absolute atomic E-state index is 13.6. The van der Waals surface area contributed by atoms with E-state index in [-0.39, 0.29) is 35.6 Å². The minimum Gasteiger partial charge on any atom is -0.366 e. The van der Waals surface area contributed by atoms with Gasteiger partial charge in [0.2, 0.25) is 5.91 Å². The van der Waals surface area contributed by atoms with Gasteiger partial charge in [0, 0.05) is 24.7 Å². The topological polar surface area (TPSA) is 97.1 Å². The fourth-order valence-electron chi connectivity index (χ4n) is 3.07. The van der Waals surface area contributed by atoms with Gasteiger partial charge in [-0.15, -0.1) is 12.4 Å². The molecular weight excluding hydrogens is 378 g/mol. The monoisotopic (exact) mass is 396 g/mol. The van der Waals surface area contributed by atoms with E-state index in [1.54, 1.807) is 0 Å². The predicted molar refractivity (Wildman–Crippen MR) is 97.8 cm³/mol. The second-order valence-electron chi connectivity index (χ2n) is 6.15. The maximum Gasteiger partial charge on any atom is 0.270 e. The van der Waals surface area contributed by atoms with Crippen LogP contribution in [0.2, 0.25) is 0 Å². The van der Waals surface area contributed by atoms with Gasteiger partial charge in [-0.2, -0.15) is 0 Å². The van der Waals surface area contributed by atoms with Crippen LogP contribution in [0.4, 0.5) is 8.78 Å². The third kappa shape index (κ3) is 4.78. The van der Waals surface area contributed by atoms with Crippen molar-refractivity contribution in [1.82, 2.24) is 15.6 Å². The van der Waals surface area contributed by atoms with Gasteiger partial charge in [0.15, 0.2) is 11.6 Å². The van der Waals surface area contributed by atoms with Crippen LogP contribution in [0, 0.1) is 11.6 Å². The second-order valence-corrected chi connectivity index (χ2v) is 6.15. The molecule has 1 aliphatic rings. The molecule has 2 aromatic rings. The smallest absolute Gasteiger partial charge is 0.270 e. The summed E-state index contributed by atoms with van der Waals surface area (Å²) in [7, 11) is 0. The number of hydrogen-bond acceptors (Lipinski definition) is 4. The molecule has 0 bridgehead atoms. The number of pyridine rings is 1. The Balaban J connectivity index is 0.00000261. The van der Waals surface area contributed by atoms with Gasteiger partial charge in [-0.1, -0.05) is 6.07 Å². The number of nitrogens with one attached hydrogen (secondary N) is 2. The molecule has 0 radical (unpaired) electrons. The Morgan fingerprint density at radius 2 is 1.96 bits per heavy atom. The predicted octanol–water partition coefficient (Wildman–Crippen LogP) is 1.76. The highest BCUT2D eigenvalue weighted by molar-refractivity contribution is 5.95. The van der Waals surface area contributed by atoms with E-state index in [0.29, 0.717) is 25.1 Å². The molecule has 144 valence electrons. The Morgan fingerprint density at radius 3 is 2.59 bits per heavy atom. The summed E-state index contributed by atoms with van der Waals surface area (Å²) in [6, 6.07) is 6.33. The van der Waals surface area contributed by atoms with Crippen LogP contribution >= 0.6 is 12.4 Å². The zero-order chi connectivity index (χ0) is 18.7. The van der Waals surface area contributed by atoms with Crippen molar-refractivity contribution in [3.63, 3.8) is 0 Å². The lowest BCUT2D eigenvalue weighted by Crippen LogP contribution is -2.50. The molecule has 3 rings (SSSR count). The van der Waals surface area contributed by atoms with Crippen LogP contribution in [0.25, 0.3) is 0 Å². The Kier molecular flexibility index (Phi) is 6.81. The summed E-state index contributed by atoms with van der Waals surface area (Å²) >= 11 is 0. The Bertz CT molecular complexity index is 833. The second kappa shape index (κ2) is 8.88. The number of hydrogen-bond donors (Lipinski definition) is 3. The lowest BCUT2D eigenvalue weighted by atomic mass is 9.86. The first-order valence-corrected chi connectivity index (χ1v) is 8.18. The summed E-state index contributed by atoms with van der Waals surface area (Å²) in [5.41, 5.74) is 6.13. The van der Waals surface area contributed by atoms with Crippen molar-refractivity contribution in [3.8, 4) is 0 Å². The van der Waals surface area contributed by atoms with Crippen molar-refractivity contribution in [2.75, 3.05) is 13.1 Å². The number of aromatic nitrogens is 1. The standard InChI is InChI=1S/C18H18F2N4O2.ClH/c19-13-3-1-10(7-14(13)20)12-5-6-22-9-16(12)24-18(26)15-4-2-11(8-23-15)17(21)25;/h1-4,7-8,12,16,22H,5-6,9H2,(H2,21,25)(H,24,26);1H. The zero-order valence-corrected chi connectivity index (χ0v) is 15.1. The molecule has 2 heterocycles. The number of primary amides is 1. The molecule has 1 fully saturated rings. The lowest BCUT2D eigenvalue weighted by molar-refractivity contribution is 0.0917. The summed E-state index contributed by atoms with van der Waals surface area (Å²) in [6.07, 6.45) is 1.91. The van der Waals surface area contributed by atoms with Gasteiger partial charge in [-0.3, -0.25) is 14.6 Å². The minimum absolute atomic E-state index is 0. The molecule has 4 N–H and O–H groups in total. The van der Waals surface area contributed by atoms with E-state index in [4.69, 9.17) is 5.73 Å². The number of carbonyl (C=O) groups excluding carboxylic acids is 2. The normalized spacial score (nSPS) is 19.0. The van der Waals surface area contributed by atoms with Crippen LogP contribution in [-0.2, 0) is 0 Å². The molecule has 1 saturated heterocycles. The van der Waals surface area contributed by atoms with Crippen molar-refractivity contribution >= 4 is 24.2 Å². The van der Waals surface area contributed by atoms with E-state index in [0.717, 1.165) is 6.07 Å². The highest BCUT2D eigenvalue weighted by Crippen LogP contribution is 2.27. The van der Waals surface area contributed by atoms with Gasteiger partial charge >= 0.3 is 0 Å². The van der Waals surface area contributed by atoms with Crippen LogP contribution in [-0.4, -0.2) is 35.9 Å². The van der Waals surface area contributed by atoms with E-state index in [1.807, 2.05) is 0 Å². The first-order chi connectivity index (χ1) is 12.5. The van der Waals surface area contributed by atoms with Gasteiger partial charge in [-0.05, 0) is 42.8 Å². The van der Waals surface area contributed by atoms with Crippen molar-refractivity contribution in [1.29, 1.82) is 0 Å². The molecule has 6 nitrogen and oxygen atoms in total. The molecule has 27 heavy (non-hydrogen) atoms. The zero-order valence-electron chi connectivity index (χ0n) is 14.2. The Hall–Kier alpha value is -2.58. The van der Waals surface area contributed by atoms with Crippen LogP contribution in [0.3, 0.4) is 0 Å². The fourth-order valence-corrected chi connectivity index (χ4v) is 3.07. The van der Waals surface area contributed by atoms with E-state index in [2.05, 4.69) is 15.6 Å². The number of halogens is 3. The fraction of sp³-hybridized carbons (Fsp3) is 0.278.